The van der Waals surface area contributed by atoms with Crippen LogP contribution in [0.1, 0.15) is 38.8 Å². The van der Waals surface area contributed by atoms with Gasteiger partial charge in [0.25, 0.3) is 0 Å². The van der Waals surface area contributed by atoms with Crippen molar-refractivity contribution < 1.29 is 0 Å². The van der Waals surface area contributed by atoms with Gasteiger partial charge in [-0.1, -0.05) is 30.7 Å². The zero-order valence-electron chi connectivity index (χ0n) is 11.2. The van der Waals surface area contributed by atoms with Gasteiger partial charge < -0.3 is 5.73 Å². The lowest BCUT2D eigenvalue weighted by Crippen LogP contribution is -2.46. The number of hydrogen-bond donors (Lipinski definition) is 1. The van der Waals surface area contributed by atoms with Gasteiger partial charge in [0.2, 0.25) is 0 Å². The molecule has 0 bridgehead atoms. The molecule has 0 aromatic heterocycles. The first-order chi connectivity index (χ1) is 7.85. The van der Waals surface area contributed by atoms with E-state index in [4.69, 9.17) is 17.3 Å². The largest absolute Gasteiger partial charge is 0.324 e. The second kappa shape index (κ2) is 5.85. The molecule has 96 valence electrons. The maximum atomic E-state index is 6.19. The van der Waals surface area contributed by atoms with E-state index in [1.165, 1.54) is 5.56 Å². The Labute approximate surface area is 110 Å². The molecule has 2 nitrogen and oxygen atoms in total. The summed E-state index contributed by atoms with van der Waals surface area (Å²) in [5, 5.41) is 0.779. The monoisotopic (exact) mass is 254 g/mol. The van der Waals surface area contributed by atoms with E-state index in [1.807, 2.05) is 12.1 Å². The Hall–Kier alpha value is -0.570. The van der Waals surface area contributed by atoms with Crippen molar-refractivity contribution in [1.29, 1.82) is 0 Å². The molecule has 0 saturated carbocycles. The number of nitrogens with zero attached hydrogens (tertiary/aromatic N) is 1. The molecule has 0 spiro atoms. The van der Waals surface area contributed by atoms with Crippen molar-refractivity contribution in [1.82, 2.24) is 4.90 Å². The standard InChI is InChI=1S/C14H23ClN2/c1-5-14(3,16)10-17(4)11(2)12-6-8-13(15)9-7-12/h6-9,11H,5,10,16H2,1-4H3. The van der Waals surface area contributed by atoms with Gasteiger partial charge in [-0.15, -0.1) is 0 Å². The van der Waals surface area contributed by atoms with Crippen LogP contribution in [0.15, 0.2) is 24.3 Å². The minimum Gasteiger partial charge on any atom is -0.324 e. The summed E-state index contributed by atoms with van der Waals surface area (Å²) >= 11 is 5.89. The fraction of sp³-hybridized carbons (Fsp3) is 0.571. The van der Waals surface area contributed by atoms with Crippen LogP contribution in [-0.2, 0) is 0 Å². The van der Waals surface area contributed by atoms with Crippen LogP contribution in [0.2, 0.25) is 5.02 Å². The summed E-state index contributed by atoms with van der Waals surface area (Å²) in [7, 11) is 2.11. The van der Waals surface area contributed by atoms with Crippen molar-refractivity contribution in [2.75, 3.05) is 13.6 Å². The highest BCUT2D eigenvalue weighted by atomic mass is 35.5. The zero-order valence-corrected chi connectivity index (χ0v) is 12.0. The van der Waals surface area contributed by atoms with Crippen LogP contribution in [0, 0.1) is 0 Å². The maximum Gasteiger partial charge on any atom is 0.0406 e. The number of benzene rings is 1. The number of likely N-dealkylation sites (N-methyl/N-ethyl adjacent to an activating group) is 1. The zero-order chi connectivity index (χ0) is 13.1. The molecule has 0 radical (unpaired) electrons. The Bertz CT molecular complexity index is 346. The summed E-state index contributed by atoms with van der Waals surface area (Å²) in [6.45, 7) is 7.29. The highest BCUT2D eigenvalue weighted by Gasteiger charge is 2.21. The highest BCUT2D eigenvalue weighted by molar-refractivity contribution is 6.30. The lowest BCUT2D eigenvalue weighted by atomic mass is 9.98. The van der Waals surface area contributed by atoms with Gasteiger partial charge in [-0.2, -0.15) is 0 Å². The fourth-order valence-electron chi connectivity index (χ4n) is 1.81. The van der Waals surface area contributed by atoms with Crippen molar-refractivity contribution in [3.8, 4) is 0 Å². The van der Waals surface area contributed by atoms with E-state index in [0.29, 0.717) is 6.04 Å². The van der Waals surface area contributed by atoms with Crippen LogP contribution in [0.5, 0.6) is 0 Å². The summed E-state index contributed by atoms with van der Waals surface area (Å²) in [5.41, 5.74) is 7.33. The Morgan fingerprint density at radius 2 is 1.88 bits per heavy atom. The van der Waals surface area contributed by atoms with Crippen molar-refractivity contribution in [2.45, 2.75) is 38.8 Å². The van der Waals surface area contributed by atoms with Gasteiger partial charge >= 0.3 is 0 Å². The number of halogens is 1. The van der Waals surface area contributed by atoms with Crippen molar-refractivity contribution in [3.63, 3.8) is 0 Å². The molecule has 0 fully saturated rings. The predicted molar refractivity (Wildman–Crippen MR) is 75.4 cm³/mol. The van der Waals surface area contributed by atoms with Gasteiger partial charge in [-0.25, -0.2) is 0 Å². The second-order valence-corrected chi connectivity index (χ2v) is 5.59. The predicted octanol–water partition coefficient (Wildman–Crippen LogP) is 3.46. The molecule has 0 aliphatic rings. The molecular formula is C14H23ClN2. The molecular weight excluding hydrogens is 232 g/mol. The highest BCUT2D eigenvalue weighted by Crippen LogP contribution is 2.22. The molecule has 2 unspecified atom stereocenters. The first kappa shape index (κ1) is 14.5. The normalized spacial score (nSPS) is 16.9. The molecule has 0 aliphatic carbocycles. The Morgan fingerprint density at radius 3 is 2.35 bits per heavy atom. The lowest BCUT2D eigenvalue weighted by molar-refractivity contribution is 0.203. The molecule has 1 aromatic rings. The molecule has 2 atom stereocenters. The minimum absolute atomic E-state index is 0.130. The fourth-order valence-corrected chi connectivity index (χ4v) is 1.94. The number of hydrogen-bond acceptors (Lipinski definition) is 2. The van der Waals surface area contributed by atoms with Crippen molar-refractivity contribution in [2.24, 2.45) is 5.73 Å². The van der Waals surface area contributed by atoms with E-state index >= 15 is 0 Å². The quantitative estimate of drug-likeness (QED) is 0.872. The second-order valence-electron chi connectivity index (χ2n) is 5.15. The van der Waals surface area contributed by atoms with E-state index in [2.05, 4.69) is 44.9 Å². The van der Waals surface area contributed by atoms with E-state index < -0.39 is 0 Å². The number of nitrogens with two attached hydrogens (primary N) is 1. The number of rotatable bonds is 5. The molecule has 0 saturated heterocycles. The van der Waals surface area contributed by atoms with Crippen LogP contribution in [0.25, 0.3) is 0 Å². The third-order valence-corrected chi connectivity index (χ3v) is 3.68. The Kier molecular flexibility index (Phi) is 4.99. The van der Waals surface area contributed by atoms with Crippen molar-refractivity contribution in [3.05, 3.63) is 34.9 Å². The molecule has 0 amide bonds. The Morgan fingerprint density at radius 1 is 1.35 bits per heavy atom. The van der Waals surface area contributed by atoms with E-state index in [0.717, 1.165) is 18.0 Å². The molecule has 2 N–H and O–H groups in total. The third-order valence-electron chi connectivity index (χ3n) is 3.43. The molecule has 3 heteroatoms. The first-order valence-corrected chi connectivity index (χ1v) is 6.48. The van der Waals surface area contributed by atoms with Gasteiger partial charge in [-0.05, 0) is 45.0 Å². The lowest BCUT2D eigenvalue weighted by Gasteiger charge is -2.33. The van der Waals surface area contributed by atoms with E-state index in [1.54, 1.807) is 0 Å². The summed E-state index contributed by atoms with van der Waals surface area (Å²) in [5.74, 6) is 0. The van der Waals surface area contributed by atoms with Gasteiger partial charge in [0.1, 0.15) is 0 Å². The van der Waals surface area contributed by atoms with Crippen molar-refractivity contribution >= 4 is 11.6 Å². The van der Waals surface area contributed by atoms with Gasteiger partial charge in [-0.3, -0.25) is 4.90 Å². The Balaban J connectivity index is 2.69. The van der Waals surface area contributed by atoms with E-state index in [9.17, 15) is 0 Å². The summed E-state index contributed by atoms with van der Waals surface area (Å²) in [4.78, 5) is 2.28. The molecule has 17 heavy (non-hydrogen) atoms. The topological polar surface area (TPSA) is 29.3 Å². The van der Waals surface area contributed by atoms with Gasteiger partial charge in [0.15, 0.2) is 0 Å². The molecule has 1 rings (SSSR count). The minimum atomic E-state index is -0.130. The maximum absolute atomic E-state index is 6.19. The SMILES string of the molecule is CCC(C)(N)CN(C)C(C)c1ccc(Cl)cc1. The average Bonchev–Trinajstić information content (AvgIpc) is 2.28. The first-order valence-electron chi connectivity index (χ1n) is 6.10. The van der Waals surface area contributed by atoms with Crippen LogP contribution >= 0.6 is 11.6 Å². The summed E-state index contributed by atoms with van der Waals surface area (Å²) in [6, 6.07) is 8.36. The van der Waals surface area contributed by atoms with Crippen LogP contribution in [-0.4, -0.2) is 24.0 Å². The van der Waals surface area contributed by atoms with Crippen LogP contribution in [0.4, 0.5) is 0 Å². The van der Waals surface area contributed by atoms with E-state index in [-0.39, 0.29) is 5.54 Å². The van der Waals surface area contributed by atoms with Gasteiger partial charge in [0.05, 0.1) is 0 Å². The van der Waals surface area contributed by atoms with Crippen LogP contribution < -0.4 is 5.73 Å². The molecule has 0 aliphatic heterocycles. The summed E-state index contributed by atoms with van der Waals surface area (Å²) < 4.78 is 0. The summed E-state index contributed by atoms with van der Waals surface area (Å²) in [6.07, 6.45) is 0.977. The van der Waals surface area contributed by atoms with Gasteiger partial charge in [0, 0.05) is 23.1 Å². The molecule has 0 heterocycles. The molecule has 1 aromatic carbocycles. The third kappa shape index (κ3) is 4.30. The smallest absolute Gasteiger partial charge is 0.0406 e. The average molecular weight is 255 g/mol. The van der Waals surface area contributed by atoms with Crippen LogP contribution in [0.3, 0.4) is 0 Å².